The highest BCUT2D eigenvalue weighted by molar-refractivity contribution is 7.89. The Morgan fingerprint density at radius 2 is 1.71 bits per heavy atom. The lowest BCUT2D eigenvalue weighted by Gasteiger charge is -2.07. The van der Waals surface area contributed by atoms with Gasteiger partial charge in [0.25, 0.3) is 5.69 Å². The van der Waals surface area contributed by atoms with Crippen molar-refractivity contribution >= 4 is 15.7 Å². The Kier molecular flexibility index (Phi) is 3.98. The molecule has 1 aliphatic heterocycles. The van der Waals surface area contributed by atoms with E-state index < -0.39 is 14.9 Å². The first-order valence-corrected chi connectivity index (χ1v) is 8.77. The summed E-state index contributed by atoms with van der Waals surface area (Å²) in [6, 6.07) is 11.9. The molecular weight excluding hydrogens is 328 g/mol. The molecule has 0 N–H and O–H groups in total. The van der Waals surface area contributed by atoms with E-state index in [4.69, 9.17) is 0 Å². The first kappa shape index (κ1) is 16.4. The van der Waals surface area contributed by atoms with E-state index in [2.05, 4.69) is 6.58 Å². The molecule has 1 heterocycles. The topological polar surface area (TPSA) is 80.3 Å². The van der Waals surface area contributed by atoms with Crippen LogP contribution in [0.15, 0.2) is 66.1 Å². The number of hydrogen-bond acceptors (Lipinski definition) is 4. The third-order valence-electron chi connectivity index (χ3n) is 4.09. The minimum absolute atomic E-state index is 0.0255. The Hall–Kier alpha value is -2.51. The quantitative estimate of drug-likeness (QED) is 0.361. The second-order valence-corrected chi connectivity index (χ2v) is 7.51. The van der Waals surface area contributed by atoms with Gasteiger partial charge in [-0.15, -0.1) is 6.58 Å². The summed E-state index contributed by atoms with van der Waals surface area (Å²) in [5.41, 5.74) is 1.66. The maximum absolute atomic E-state index is 12.8. The number of non-ortho nitro benzene ring substituents is 1. The second-order valence-electron chi connectivity index (χ2n) is 5.67. The second kappa shape index (κ2) is 5.85. The normalized spacial score (nSPS) is 22.8. The van der Waals surface area contributed by atoms with Crippen LogP contribution >= 0.6 is 0 Å². The summed E-state index contributed by atoms with van der Waals surface area (Å²) in [5, 5.41) is 10.7. The van der Waals surface area contributed by atoms with E-state index in [0.717, 1.165) is 5.56 Å². The third kappa shape index (κ3) is 2.72. The number of nitrogens with zero attached hydrogens (tertiary/aromatic N) is 2. The molecule has 3 rings (SSSR count). The van der Waals surface area contributed by atoms with Gasteiger partial charge in [-0.1, -0.05) is 35.9 Å². The molecule has 2 aromatic rings. The van der Waals surface area contributed by atoms with Gasteiger partial charge in [-0.3, -0.25) is 10.1 Å². The van der Waals surface area contributed by atoms with E-state index in [0.29, 0.717) is 5.56 Å². The Morgan fingerprint density at radius 3 is 2.21 bits per heavy atom. The van der Waals surface area contributed by atoms with Gasteiger partial charge >= 0.3 is 0 Å². The average Bonchev–Trinajstić information content (AvgIpc) is 3.31. The Balaban J connectivity index is 1.92. The van der Waals surface area contributed by atoms with Crippen LogP contribution in [0.3, 0.4) is 0 Å². The zero-order chi connectivity index (χ0) is 17.5. The van der Waals surface area contributed by atoms with Gasteiger partial charge in [-0.25, -0.2) is 8.42 Å². The maximum Gasteiger partial charge on any atom is 0.269 e. The molecule has 7 heteroatoms. The summed E-state index contributed by atoms with van der Waals surface area (Å²) >= 11 is 0. The molecule has 1 fully saturated rings. The Morgan fingerprint density at radius 1 is 1.12 bits per heavy atom. The number of sulfonamides is 1. The van der Waals surface area contributed by atoms with Gasteiger partial charge in [0.15, 0.2) is 0 Å². The Bertz CT molecular complexity index is 889. The molecule has 1 saturated heterocycles. The number of nitro benzene ring substituents is 1. The summed E-state index contributed by atoms with van der Waals surface area (Å²) in [5.74, 6) is 0. The number of rotatable bonds is 5. The molecule has 0 radical (unpaired) electrons. The molecule has 0 spiro atoms. The summed E-state index contributed by atoms with van der Waals surface area (Å²) in [4.78, 5) is 10.5. The van der Waals surface area contributed by atoms with Crippen molar-refractivity contribution < 1.29 is 13.3 Å². The van der Waals surface area contributed by atoms with Crippen molar-refractivity contribution in [1.82, 2.24) is 4.31 Å². The molecule has 6 nitrogen and oxygen atoms in total. The van der Waals surface area contributed by atoms with Gasteiger partial charge in [0.05, 0.1) is 21.9 Å². The molecule has 0 amide bonds. The van der Waals surface area contributed by atoms with Crippen molar-refractivity contribution in [3.05, 3.63) is 82.4 Å². The molecule has 1 aliphatic rings. The first-order valence-electron chi connectivity index (χ1n) is 7.33. The van der Waals surface area contributed by atoms with Gasteiger partial charge in [0.1, 0.15) is 0 Å². The molecule has 1 unspecified atom stereocenters. The number of nitro groups is 1. The molecule has 0 aliphatic carbocycles. The zero-order valence-corrected chi connectivity index (χ0v) is 13.8. The monoisotopic (exact) mass is 344 g/mol. The number of hydrogen-bond donors (Lipinski definition) is 0. The standard InChI is InChI=1S/C17H16N2O4S/c1-3-16-17(13-6-8-14(9-7-13)19(20)21)18(16)24(22,23)15-10-4-12(2)5-11-15/h3-11,16-17H,1H2,2H3/t16-,17-,18?/m1/s1. The molecule has 124 valence electrons. The lowest BCUT2D eigenvalue weighted by molar-refractivity contribution is -0.384. The van der Waals surface area contributed by atoms with Crippen LogP contribution in [0.5, 0.6) is 0 Å². The number of aryl methyl sites for hydroxylation is 1. The van der Waals surface area contributed by atoms with Crippen molar-refractivity contribution in [2.75, 3.05) is 0 Å². The predicted octanol–water partition coefficient (Wildman–Crippen LogP) is 3.20. The summed E-state index contributed by atoms with van der Waals surface area (Å²) in [6.45, 7) is 5.59. The Labute approximate surface area is 140 Å². The van der Waals surface area contributed by atoms with Crippen LogP contribution in [0.1, 0.15) is 17.2 Å². The highest BCUT2D eigenvalue weighted by atomic mass is 32.2. The van der Waals surface area contributed by atoms with Crippen LogP contribution in [-0.2, 0) is 10.0 Å². The van der Waals surface area contributed by atoms with E-state index in [9.17, 15) is 18.5 Å². The molecule has 0 bridgehead atoms. The van der Waals surface area contributed by atoms with Crippen LogP contribution in [-0.4, -0.2) is 23.7 Å². The van der Waals surface area contributed by atoms with Crippen molar-refractivity contribution in [2.45, 2.75) is 23.9 Å². The fraction of sp³-hybridized carbons (Fsp3) is 0.176. The fourth-order valence-corrected chi connectivity index (χ4v) is 4.48. The summed E-state index contributed by atoms with van der Waals surface area (Å²) in [6.07, 6.45) is 1.58. The van der Waals surface area contributed by atoms with Crippen LogP contribution < -0.4 is 0 Å². The fourth-order valence-electron chi connectivity index (χ4n) is 2.74. The molecular formula is C17H16N2O4S. The van der Waals surface area contributed by atoms with E-state index in [1.54, 1.807) is 42.5 Å². The highest BCUT2D eigenvalue weighted by Gasteiger charge is 2.54. The summed E-state index contributed by atoms with van der Waals surface area (Å²) in [7, 11) is -3.64. The smallest absolute Gasteiger partial charge is 0.258 e. The van der Waals surface area contributed by atoms with E-state index in [-0.39, 0.29) is 22.7 Å². The van der Waals surface area contributed by atoms with E-state index in [1.165, 1.54) is 16.4 Å². The van der Waals surface area contributed by atoms with E-state index in [1.807, 2.05) is 6.92 Å². The zero-order valence-electron chi connectivity index (χ0n) is 13.0. The molecule has 0 saturated carbocycles. The average molecular weight is 344 g/mol. The first-order chi connectivity index (χ1) is 11.4. The minimum Gasteiger partial charge on any atom is -0.258 e. The van der Waals surface area contributed by atoms with Gasteiger partial charge in [-0.05, 0) is 24.6 Å². The minimum atomic E-state index is -3.64. The van der Waals surface area contributed by atoms with Crippen molar-refractivity contribution in [3.8, 4) is 0 Å². The molecule has 0 aromatic heterocycles. The van der Waals surface area contributed by atoms with Crippen LogP contribution in [0, 0.1) is 17.0 Å². The van der Waals surface area contributed by atoms with Crippen molar-refractivity contribution in [3.63, 3.8) is 0 Å². The van der Waals surface area contributed by atoms with Gasteiger partial charge in [-0.2, -0.15) is 4.31 Å². The van der Waals surface area contributed by atoms with Crippen molar-refractivity contribution in [2.24, 2.45) is 0 Å². The summed E-state index contributed by atoms with van der Waals surface area (Å²) < 4.78 is 27.0. The van der Waals surface area contributed by atoms with Crippen LogP contribution in [0.25, 0.3) is 0 Å². The lowest BCUT2D eigenvalue weighted by atomic mass is 10.1. The van der Waals surface area contributed by atoms with Gasteiger partial charge in [0, 0.05) is 12.1 Å². The largest absolute Gasteiger partial charge is 0.269 e. The van der Waals surface area contributed by atoms with Crippen molar-refractivity contribution in [1.29, 1.82) is 0 Å². The van der Waals surface area contributed by atoms with E-state index >= 15 is 0 Å². The predicted molar refractivity (Wildman–Crippen MR) is 90.0 cm³/mol. The van der Waals surface area contributed by atoms with Gasteiger partial charge in [0.2, 0.25) is 10.0 Å². The molecule has 3 atom stereocenters. The van der Waals surface area contributed by atoms with Crippen LogP contribution in [0.4, 0.5) is 5.69 Å². The highest BCUT2D eigenvalue weighted by Crippen LogP contribution is 2.48. The maximum atomic E-state index is 12.8. The van der Waals surface area contributed by atoms with Gasteiger partial charge < -0.3 is 0 Å². The van der Waals surface area contributed by atoms with Crippen LogP contribution in [0.2, 0.25) is 0 Å². The lowest BCUT2D eigenvalue weighted by Crippen LogP contribution is -2.14. The SMILES string of the molecule is C=C[C@@H]1[C@@H](c2ccc([N+](=O)[O-])cc2)N1S(=O)(=O)c1ccc(C)cc1. The molecule has 2 aromatic carbocycles. The third-order valence-corrected chi connectivity index (χ3v) is 5.98. The number of benzene rings is 2. The molecule has 24 heavy (non-hydrogen) atoms.